The van der Waals surface area contributed by atoms with Crippen LogP contribution in [0.2, 0.25) is 0 Å². The van der Waals surface area contributed by atoms with Crippen LogP contribution in [0.5, 0.6) is 0 Å². The zero-order chi connectivity index (χ0) is 26.7. The van der Waals surface area contributed by atoms with E-state index in [4.69, 9.17) is 0 Å². The molecule has 0 aliphatic rings. The maximum Gasteiger partial charge on any atom is 0.331 e. The molecule has 1 aromatic carbocycles. The monoisotopic (exact) mass is 475 g/mol. The van der Waals surface area contributed by atoms with Crippen LogP contribution >= 0.6 is 0 Å². The minimum atomic E-state index is -1.01. The molecule has 0 spiro atoms. The Morgan fingerprint density at radius 1 is 1.00 bits per heavy atom. The van der Waals surface area contributed by atoms with Gasteiger partial charge in [-0.2, -0.15) is 0 Å². The Hall–Kier alpha value is -2.67. The van der Waals surface area contributed by atoms with E-state index in [0.29, 0.717) is 6.42 Å². The topological polar surface area (TPSA) is 98.7 Å². The molecule has 3 atom stereocenters. The summed E-state index contributed by atoms with van der Waals surface area (Å²) in [5.74, 6) is -1.49. The van der Waals surface area contributed by atoms with Gasteiger partial charge in [0, 0.05) is 12.6 Å². The van der Waals surface area contributed by atoms with E-state index in [2.05, 4.69) is 10.6 Å². The number of carbonyl (C=O) groups is 3. The third-order valence-corrected chi connectivity index (χ3v) is 6.05. The molecule has 192 valence electrons. The molecular formula is C27H45N3O4. The fourth-order valence-corrected chi connectivity index (χ4v) is 3.20. The second kappa shape index (κ2) is 13.9. The molecule has 1 aromatic rings. The van der Waals surface area contributed by atoms with E-state index in [-0.39, 0.29) is 23.3 Å². The summed E-state index contributed by atoms with van der Waals surface area (Å²) in [6.45, 7) is 14.8. The molecular weight excluding hydrogens is 430 g/mol. The highest BCUT2D eigenvalue weighted by Gasteiger charge is 2.40. The number of hydrogen-bond donors (Lipinski definition) is 3. The number of nitrogens with zero attached hydrogens (tertiary/aromatic N) is 1. The lowest BCUT2D eigenvalue weighted by Gasteiger charge is -2.39. The summed E-state index contributed by atoms with van der Waals surface area (Å²) in [5, 5.41) is 15.1. The van der Waals surface area contributed by atoms with Crippen LogP contribution in [-0.2, 0) is 14.4 Å². The predicted octanol–water partition coefficient (Wildman–Crippen LogP) is 4.11. The molecule has 0 radical (unpaired) electrons. The molecule has 7 heteroatoms. The molecule has 0 saturated carbocycles. The largest absolute Gasteiger partial charge is 0.478 e. The summed E-state index contributed by atoms with van der Waals surface area (Å²) in [6.07, 6.45) is 2.17. The molecule has 0 bridgehead atoms. The van der Waals surface area contributed by atoms with Crippen LogP contribution < -0.4 is 10.6 Å². The lowest BCUT2D eigenvalue weighted by atomic mass is 9.84. The normalized spacial score (nSPS) is 15.3. The molecule has 2 amide bonds. The van der Waals surface area contributed by atoms with Gasteiger partial charge < -0.3 is 20.6 Å². The van der Waals surface area contributed by atoms with Gasteiger partial charge in [-0.1, -0.05) is 84.0 Å². The number of carboxylic acids is 1. The number of likely N-dealkylation sites (N-methyl/N-ethyl adjacent to an activating group) is 2. The summed E-state index contributed by atoms with van der Waals surface area (Å²) in [7, 11) is 3.37. The highest BCUT2D eigenvalue weighted by Crippen LogP contribution is 2.24. The van der Waals surface area contributed by atoms with E-state index in [1.165, 1.54) is 11.8 Å². The van der Waals surface area contributed by atoms with E-state index < -0.39 is 29.0 Å². The fraction of sp³-hybridized carbons (Fsp3) is 0.593. The average molecular weight is 476 g/mol. The van der Waals surface area contributed by atoms with Crippen molar-refractivity contribution in [3.05, 3.63) is 48.0 Å². The van der Waals surface area contributed by atoms with Crippen molar-refractivity contribution >= 4 is 17.8 Å². The summed E-state index contributed by atoms with van der Waals surface area (Å²) in [6, 6.07) is 10.9. The van der Waals surface area contributed by atoms with Crippen molar-refractivity contribution in [2.24, 2.45) is 11.3 Å². The zero-order valence-corrected chi connectivity index (χ0v) is 22.6. The van der Waals surface area contributed by atoms with Gasteiger partial charge in [0.1, 0.15) is 6.04 Å². The van der Waals surface area contributed by atoms with Crippen LogP contribution in [0.3, 0.4) is 0 Å². The van der Waals surface area contributed by atoms with Gasteiger partial charge in [0.25, 0.3) is 0 Å². The van der Waals surface area contributed by atoms with Gasteiger partial charge in [0.15, 0.2) is 0 Å². The first-order chi connectivity index (χ1) is 15.6. The van der Waals surface area contributed by atoms with Crippen molar-refractivity contribution in [2.45, 2.75) is 79.4 Å². The van der Waals surface area contributed by atoms with Crippen molar-refractivity contribution in [2.75, 3.05) is 14.1 Å². The highest BCUT2D eigenvalue weighted by molar-refractivity contribution is 5.92. The molecule has 7 nitrogen and oxygen atoms in total. The van der Waals surface area contributed by atoms with Crippen LogP contribution in [0.15, 0.2) is 48.0 Å². The number of hydrogen-bond acceptors (Lipinski definition) is 4. The second-order valence-corrected chi connectivity index (χ2v) is 10.2. The van der Waals surface area contributed by atoms with Crippen molar-refractivity contribution in [1.82, 2.24) is 15.5 Å². The first-order valence-corrected chi connectivity index (χ1v) is 11.8. The summed E-state index contributed by atoms with van der Waals surface area (Å²) < 4.78 is 0. The molecule has 3 N–H and O–H groups in total. The number of aliphatic carboxylic acids is 1. The molecule has 0 fully saturated rings. The van der Waals surface area contributed by atoms with Gasteiger partial charge >= 0.3 is 5.97 Å². The Labute approximate surface area is 206 Å². The van der Waals surface area contributed by atoms with Gasteiger partial charge in [-0.3, -0.25) is 9.59 Å². The fourth-order valence-electron chi connectivity index (χ4n) is 3.20. The Balaban J connectivity index is 0.00000156. The number of nitrogens with one attached hydrogen (secondary N) is 2. The van der Waals surface area contributed by atoms with E-state index in [1.807, 2.05) is 77.9 Å². The van der Waals surface area contributed by atoms with Crippen LogP contribution in [0, 0.1) is 11.3 Å². The SMILES string of the molecule is CCC(C)(NC)C(=O)NC(C(=O)N(C)C(/C=C(\C)C(=O)O)C(C)C)C(C)(C)C.c1ccccc1. The molecule has 1 rings (SSSR count). The molecule has 0 heterocycles. The Morgan fingerprint density at radius 3 is 1.74 bits per heavy atom. The van der Waals surface area contributed by atoms with E-state index in [1.54, 1.807) is 27.1 Å². The van der Waals surface area contributed by atoms with Gasteiger partial charge in [-0.25, -0.2) is 4.79 Å². The Kier molecular flexibility index (Phi) is 12.8. The highest BCUT2D eigenvalue weighted by atomic mass is 16.4. The van der Waals surface area contributed by atoms with Gasteiger partial charge in [-0.15, -0.1) is 0 Å². The smallest absolute Gasteiger partial charge is 0.331 e. The standard InChI is InChI=1S/C21H39N3O4.C6H6/c1-11-21(8,22-9)19(28)23-16(20(5,6)7)17(25)24(10)15(13(2)3)12-14(4)18(26)27;1-2-4-6-5-3-1/h12-13,15-16,22H,11H2,1-10H3,(H,23,28)(H,26,27);1-6H/b14-12+;. The van der Waals surface area contributed by atoms with Crippen LogP contribution in [-0.4, -0.2) is 59.5 Å². The molecule has 0 aliphatic carbocycles. The Morgan fingerprint density at radius 2 is 1.44 bits per heavy atom. The van der Waals surface area contributed by atoms with Crippen LogP contribution in [0.4, 0.5) is 0 Å². The zero-order valence-electron chi connectivity index (χ0n) is 22.6. The van der Waals surface area contributed by atoms with Crippen LogP contribution in [0.1, 0.15) is 61.8 Å². The molecule has 0 aromatic heterocycles. The van der Waals surface area contributed by atoms with E-state index in [0.717, 1.165) is 0 Å². The predicted molar refractivity (Wildman–Crippen MR) is 138 cm³/mol. The Bertz CT molecular complexity index is 782. The average Bonchev–Trinajstić information content (AvgIpc) is 2.79. The molecule has 3 unspecified atom stereocenters. The van der Waals surface area contributed by atoms with Gasteiger partial charge in [0.05, 0.1) is 11.6 Å². The number of carboxylic acid groups (broad SMARTS) is 1. The van der Waals surface area contributed by atoms with Crippen molar-refractivity contribution < 1.29 is 19.5 Å². The summed E-state index contributed by atoms with van der Waals surface area (Å²) >= 11 is 0. The number of carbonyl (C=O) groups excluding carboxylic acids is 2. The molecule has 0 aliphatic heterocycles. The lowest BCUT2D eigenvalue weighted by Crippen LogP contribution is -2.62. The van der Waals surface area contributed by atoms with Gasteiger partial charge in [-0.05, 0) is 38.6 Å². The first-order valence-electron chi connectivity index (χ1n) is 11.8. The lowest BCUT2D eigenvalue weighted by molar-refractivity contribution is -0.141. The first kappa shape index (κ1) is 31.3. The summed E-state index contributed by atoms with van der Waals surface area (Å²) in [4.78, 5) is 39.0. The van der Waals surface area contributed by atoms with Crippen molar-refractivity contribution in [3.63, 3.8) is 0 Å². The quantitative estimate of drug-likeness (QED) is 0.467. The minimum absolute atomic E-state index is 0.0118. The van der Waals surface area contributed by atoms with E-state index in [9.17, 15) is 19.5 Å². The van der Waals surface area contributed by atoms with Crippen molar-refractivity contribution in [3.8, 4) is 0 Å². The van der Waals surface area contributed by atoms with E-state index >= 15 is 0 Å². The maximum atomic E-state index is 13.3. The third-order valence-electron chi connectivity index (χ3n) is 6.05. The summed E-state index contributed by atoms with van der Waals surface area (Å²) in [5.41, 5.74) is -1.11. The van der Waals surface area contributed by atoms with Gasteiger partial charge in [0.2, 0.25) is 11.8 Å². The number of benzene rings is 1. The number of rotatable bonds is 9. The maximum absolute atomic E-state index is 13.3. The molecule has 34 heavy (non-hydrogen) atoms. The van der Waals surface area contributed by atoms with Crippen LogP contribution in [0.25, 0.3) is 0 Å². The minimum Gasteiger partial charge on any atom is -0.478 e. The molecule has 0 saturated heterocycles. The van der Waals surface area contributed by atoms with Crippen molar-refractivity contribution in [1.29, 1.82) is 0 Å². The third kappa shape index (κ3) is 9.67. The number of amides is 2. The second-order valence-electron chi connectivity index (χ2n) is 10.2.